The van der Waals surface area contributed by atoms with Crippen LogP contribution in [0.3, 0.4) is 0 Å². The number of alkyl carbamates (subject to hydrolysis) is 1. The number of hydrogen-bond acceptors (Lipinski definition) is 3. The van der Waals surface area contributed by atoms with Crippen molar-refractivity contribution in [2.75, 3.05) is 13.7 Å². The van der Waals surface area contributed by atoms with Gasteiger partial charge in [-0.3, -0.25) is 0 Å². The topological polar surface area (TPSA) is 47.6 Å². The van der Waals surface area contributed by atoms with Crippen molar-refractivity contribution in [2.45, 2.75) is 46.3 Å². The number of nitrogens with one attached hydrogen (secondary N) is 1. The van der Waals surface area contributed by atoms with Crippen LogP contribution in [-0.2, 0) is 9.47 Å². The highest BCUT2D eigenvalue weighted by Crippen LogP contribution is 2.08. The zero-order valence-electron chi connectivity index (χ0n) is 11.3. The molecule has 90 valence electrons. The molecule has 0 aromatic heterocycles. The Morgan fingerprint density at radius 2 is 2.07 bits per heavy atom. The van der Waals surface area contributed by atoms with Crippen LogP contribution < -0.4 is 5.32 Å². The van der Waals surface area contributed by atoms with Crippen LogP contribution in [0, 0.1) is 5.92 Å². The Labute approximate surface area is 93.7 Å². The highest BCUT2D eigenvalue weighted by molar-refractivity contribution is 5.68. The van der Waals surface area contributed by atoms with Crippen LogP contribution in [0.15, 0.2) is 0 Å². The molecule has 4 heteroatoms. The third-order valence-corrected chi connectivity index (χ3v) is 1.80. The van der Waals surface area contributed by atoms with Crippen molar-refractivity contribution >= 4 is 6.09 Å². The number of methoxy groups -OCH3 is 1. The van der Waals surface area contributed by atoms with Crippen molar-refractivity contribution < 1.29 is 15.6 Å². The van der Waals surface area contributed by atoms with Crippen LogP contribution in [-0.4, -0.2) is 31.4 Å². The lowest BCUT2D eigenvalue weighted by atomic mass is 10.1. The third-order valence-electron chi connectivity index (χ3n) is 1.80. The highest BCUT2D eigenvalue weighted by Gasteiger charge is 2.21. The minimum atomic E-state index is -0.498. The quantitative estimate of drug-likeness (QED) is 0.786. The molecule has 0 spiro atoms. The van der Waals surface area contributed by atoms with E-state index in [4.69, 9.17) is 10.8 Å². The van der Waals surface area contributed by atoms with Crippen molar-refractivity contribution in [1.82, 2.24) is 5.32 Å². The van der Waals surface area contributed by atoms with E-state index in [0.29, 0.717) is 6.61 Å². The summed E-state index contributed by atoms with van der Waals surface area (Å²) in [7, 11) is -0.0980. The van der Waals surface area contributed by atoms with Crippen molar-refractivity contribution in [3.63, 3.8) is 0 Å². The molecule has 0 radical (unpaired) electrons. The molecule has 0 aliphatic rings. The molecule has 1 N–H and O–H groups in total. The van der Waals surface area contributed by atoms with Gasteiger partial charge in [0, 0.05) is 7.09 Å². The fourth-order valence-corrected chi connectivity index (χ4v) is 0.987. The molecule has 1 atom stereocenters. The Kier molecular flexibility index (Phi) is 4.88. The molecule has 0 saturated carbocycles. The monoisotopic (exact) mass is 218 g/mol. The van der Waals surface area contributed by atoms with E-state index in [0.717, 1.165) is 0 Å². The molecule has 0 aliphatic carbocycles. The maximum absolute atomic E-state index is 11.5. The highest BCUT2D eigenvalue weighted by atomic mass is 16.6. The van der Waals surface area contributed by atoms with Crippen molar-refractivity contribution in [3.05, 3.63) is 0 Å². The summed E-state index contributed by atoms with van der Waals surface area (Å²) in [5.41, 5.74) is -0.498. The number of carbonyl (C=O) groups excluding carboxylic acids is 1. The molecule has 0 fully saturated rings. The van der Waals surface area contributed by atoms with Gasteiger partial charge < -0.3 is 14.8 Å². The number of hydrogen-bond donors (Lipinski definition) is 1. The van der Waals surface area contributed by atoms with Gasteiger partial charge in [-0.05, 0) is 26.7 Å². The number of ether oxygens (including phenoxy) is 2. The van der Waals surface area contributed by atoms with Crippen molar-refractivity contribution in [2.24, 2.45) is 5.92 Å². The Bertz CT molecular complexity index is 214. The second kappa shape index (κ2) is 5.95. The first-order chi connectivity index (χ1) is 7.26. The maximum Gasteiger partial charge on any atom is 0.407 e. The summed E-state index contributed by atoms with van der Waals surface area (Å²) < 4.78 is 17.0. The summed E-state index contributed by atoms with van der Waals surface area (Å²) >= 11 is 0. The van der Waals surface area contributed by atoms with Crippen LogP contribution in [0.25, 0.3) is 0 Å². The van der Waals surface area contributed by atoms with E-state index < -0.39 is 11.7 Å². The summed E-state index contributed by atoms with van der Waals surface area (Å²) in [6, 6.07) is -0.125. The van der Waals surface area contributed by atoms with Gasteiger partial charge in [0.1, 0.15) is 5.60 Å². The van der Waals surface area contributed by atoms with Gasteiger partial charge >= 0.3 is 6.09 Å². The second-order valence-electron chi connectivity index (χ2n) is 4.87. The molecule has 0 bridgehead atoms. The van der Waals surface area contributed by atoms with Gasteiger partial charge in [0.2, 0.25) is 0 Å². The van der Waals surface area contributed by atoms with E-state index in [2.05, 4.69) is 5.32 Å². The summed E-state index contributed by atoms with van der Waals surface area (Å²) in [6.07, 6.45) is -0.445. The summed E-state index contributed by atoms with van der Waals surface area (Å²) in [5, 5.41) is 2.74. The van der Waals surface area contributed by atoms with Gasteiger partial charge in [-0.2, -0.15) is 0 Å². The molecule has 15 heavy (non-hydrogen) atoms. The van der Waals surface area contributed by atoms with Gasteiger partial charge in [-0.1, -0.05) is 13.8 Å². The van der Waals surface area contributed by atoms with Gasteiger partial charge in [-0.15, -0.1) is 0 Å². The van der Waals surface area contributed by atoms with Crippen LogP contribution >= 0.6 is 0 Å². The molecular weight excluding hydrogens is 194 g/mol. The van der Waals surface area contributed by atoms with Gasteiger partial charge in [0.25, 0.3) is 0 Å². The fraction of sp³-hybridized carbons (Fsp3) is 0.909. The molecule has 0 aliphatic heterocycles. The largest absolute Gasteiger partial charge is 0.444 e. The van der Waals surface area contributed by atoms with E-state index in [1.807, 2.05) is 34.6 Å². The minimum Gasteiger partial charge on any atom is -0.444 e. The fourth-order valence-electron chi connectivity index (χ4n) is 0.987. The minimum absolute atomic E-state index is 0.0980. The van der Waals surface area contributed by atoms with Gasteiger partial charge in [-0.25, -0.2) is 4.79 Å². The summed E-state index contributed by atoms with van der Waals surface area (Å²) in [6.45, 7) is 9.75. The van der Waals surface area contributed by atoms with E-state index in [1.165, 1.54) is 0 Å². The molecule has 0 saturated heterocycles. The van der Waals surface area contributed by atoms with Crippen LogP contribution in [0.5, 0.6) is 0 Å². The molecule has 0 unspecified atom stereocenters. The Balaban J connectivity index is 4.13. The lowest BCUT2D eigenvalue weighted by Gasteiger charge is -2.25. The van der Waals surface area contributed by atoms with Crippen molar-refractivity contribution in [3.8, 4) is 0 Å². The lowest BCUT2D eigenvalue weighted by Crippen LogP contribution is -2.44. The summed E-state index contributed by atoms with van der Waals surface area (Å²) in [5.74, 6) is 0.235. The second-order valence-corrected chi connectivity index (χ2v) is 4.87. The molecule has 1 amide bonds. The zero-order valence-corrected chi connectivity index (χ0v) is 10.3. The predicted octanol–water partition coefficient (Wildman–Crippen LogP) is 2.18. The summed E-state index contributed by atoms with van der Waals surface area (Å²) in [4.78, 5) is 11.5. The first-order valence-electron chi connectivity index (χ1n) is 5.83. The van der Waals surface area contributed by atoms with E-state index in [9.17, 15) is 4.79 Å². The molecule has 4 nitrogen and oxygen atoms in total. The van der Waals surface area contributed by atoms with Crippen molar-refractivity contribution in [1.29, 1.82) is 0 Å². The Morgan fingerprint density at radius 1 is 1.47 bits per heavy atom. The van der Waals surface area contributed by atoms with Crippen LogP contribution in [0.2, 0.25) is 0 Å². The molecule has 0 aromatic carbocycles. The number of amides is 1. The molecule has 0 aromatic rings. The van der Waals surface area contributed by atoms with E-state index in [1.54, 1.807) is 0 Å². The average molecular weight is 218 g/mol. The van der Waals surface area contributed by atoms with Gasteiger partial charge in [0.05, 0.1) is 14.0 Å². The SMILES string of the molecule is [2H]COC[C@@H](NC(=O)OC(C)(C)C)C(C)C. The Morgan fingerprint density at radius 3 is 2.47 bits per heavy atom. The van der Waals surface area contributed by atoms with E-state index in [-0.39, 0.29) is 19.0 Å². The normalized spacial score (nSPS) is 14.7. The lowest BCUT2D eigenvalue weighted by molar-refractivity contribution is 0.0443. The zero-order chi connectivity index (χ0) is 12.8. The molecule has 0 heterocycles. The molecular formula is C11H23NO3. The number of carbonyl (C=O) groups is 1. The van der Waals surface area contributed by atoms with Crippen LogP contribution in [0.4, 0.5) is 4.79 Å². The van der Waals surface area contributed by atoms with E-state index >= 15 is 0 Å². The standard InChI is InChI=1S/C11H23NO3/c1-8(2)9(7-14-6)12-10(13)15-11(3,4)5/h8-9H,7H2,1-6H3,(H,12,13)/t9-/m1/s1/i6D. The number of rotatable bonds is 4. The van der Waals surface area contributed by atoms with Gasteiger partial charge in [0.15, 0.2) is 0 Å². The third kappa shape index (κ3) is 7.19. The first-order valence-corrected chi connectivity index (χ1v) is 5.12. The predicted molar refractivity (Wildman–Crippen MR) is 59.9 cm³/mol. The first kappa shape index (κ1) is 12.3. The Hall–Kier alpha value is -0.770. The molecule has 0 rings (SSSR count). The average Bonchev–Trinajstić information content (AvgIpc) is 2.08. The van der Waals surface area contributed by atoms with Crippen LogP contribution in [0.1, 0.15) is 36.0 Å². The maximum atomic E-state index is 11.5. The smallest absolute Gasteiger partial charge is 0.407 e.